The van der Waals surface area contributed by atoms with Gasteiger partial charge >= 0.3 is 0 Å². The van der Waals surface area contributed by atoms with Gasteiger partial charge in [-0.25, -0.2) is 4.99 Å². The Morgan fingerprint density at radius 3 is 2.71 bits per heavy atom. The normalized spacial score (nSPS) is 10.6. The van der Waals surface area contributed by atoms with Gasteiger partial charge in [0.1, 0.15) is 12.0 Å². The minimum Gasteiger partial charge on any atom is -0.290 e. The molecule has 0 atom stereocenters. The van der Waals surface area contributed by atoms with Crippen molar-refractivity contribution in [2.24, 2.45) is 4.99 Å². The first kappa shape index (κ1) is 10.5. The average molecular weight is 197 g/mol. The third-order valence-corrected chi connectivity index (χ3v) is 1.61. The lowest BCUT2D eigenvalue weighted by Gasteiger charge is -2.10. The Bertz CT molecular complexity index is 339. The fourth-order valence-electron chi connectivity index (χ4n) is 1.00. The van der Waals surface area contributed by atoms with E-state index in [0.29, 0.717) is 5.69 Å². The van der Waals surface area contributed by atoms with Gasteiger partial charge in [-0.15, -0.1) is 5.23 Å². The van der Waals surface area contributed by atoms with E-state index in [4.69, 9.17) is 15.6 Å². The molecule has 0 saturated carbocycles. The molecule has 0 amide bonds. The van der Waals surface area contributed by atoms with Gasteiger partial charge in [0, 0.05) is 0 Å². The number of hydrogen-bond acceptors (Lipinski definition) is 5. The molecule has 0 radical (unpaired) electrons. The standard InChI is InChI=1S/C8H11N3O3/c1-6-2-3-8(11(13)14)7(4-6)9-5-10-12/h2-5,12-14H,1H3,(H,9,10). The Kier molecular flexibility index (Phi) is 3.41. The molecule has 1 aromatic rings. The van der Waals surface area contributed by atoms with Crippen LogP contribution in [0.15, 0.2) is 23.2 Å². The van der Waals surface area contributed by atoms with E-state index >= 15 is 0 Å². The number of hydrogen-bond donors (Lipinski definition) is 4. The van der Waals surface area contributed by atoms with Crippen LogP contribution < -0.4 is 10.7 Å². The second kappa shape index (κ2) is 4.56. The molecule has 0 aliphatic carbocycles. The summed E-state index contributed by atoms with van der Waals surface area (Å²) in [5.41, 5.74) is 3.10. The van der Waals surface area contributed by atoms with Gasteiger partial charge in [0.05, 0.1) is 5.69 Å². The largest absolute Gasteiger partial charge is 0.290 e. The third kappa shape index (κ3) is 2.43. The van der Waals surface area contributed by atoms with Crippen LogP contribution in [0.25, 0.3) is 0 Å². The van der Waals surface area contributed by atoms with Crippen LogP contribution in [0.3, 0.4) is 0 Å². The maximum atomic E-state index is 8.83. The third-order valence-electron chi connectivity index (χ3n) is 1.61. The van der Waals surface area contributed by atoms with E-state index in [1.807, 2.05) is 6.92 Å². The molecule has 0 aromatic heterocycles. The van der Waals surface area contributed by atoms with Crippen LogP contribution in [0.1, 0.15) is 5.56 Å². The highest BCUT2D eigenvalue weighted by molar-refractivity contribution is 5.71. The second-order valence-corrected chi connectivity index (χ2v) is 2.67. The summed E-state index contributed by atoms with van der Waals surface area (Å²) in [6, 6.07) is 4.85. The molecule has 14 heavy (non-hydrogen) atoms. The average Bonchev–Trinajstić information content (AvgIpc) is 2.14. The van der Waals surface area contributed by atoms with Crippen LogP contribution in [0.2, 0.25) is 0 Å². The van der Waals surface area contributed by atoms with Crippen molar-refractivity contribution in [2.45, 2.75) is 6.92 Å². The van der Waals surface area contributed by atoms with Gasteiger partial charge in [0.2, 0.25) is 0 Å². The van der Waals surface area contributed by atoms with E-state index in [-0.39, 0.29) is 10.9 Å². The molecule has 76 valence electrons. The summed E-state index contributed by atoms with van der Waals surface area (Å²) in [6.07, 6.45) is 1.03. The molecule has 0 spiro atoms. The van der Waals surface area contributed by atoms with E-state index in [0.717, 1.165) is 11.9 Å². The van der Waals surface area contributed by atoms with Crippen LogP contribution in [0.5, 0.6) is 0 Å². The van der Waals surface area contributed by atoms with Gasteiger partial charge in [-0.2, -0.15) is 0 Å². The molecule has 0 heterocycles. The first-order valence-corrected chi connectivity index (χ1v) is 3.86. The maximum Gasteiger partial charge on any atom is 0.120 e. The summed E-state index contributed by atoms with van der Waals surface area (Å²) in [7, 11) is 0. The number of nitrogens with one attached hydrogen (secondary N) is 1. The Morgan fingerprint density at radius 2 is 2.14 bits per heavy atom. The van der Waals surface area contributed by atoms with Gasteiger partial charge in [-0.3, -0.25) is 21.1 Å². The minimum absolute atomic E-state index is 0.0243. The predicted octanol–water partition coefficient (Wildman–Crippen LogP) is 1.22. The molecule has 0 fully saturated rings. The topological polar surface area (TPSA) is 88.3 Å². The first-order chi connectivity index (χ1) is 6.65. The molecule has 1 aromatic carbocycles. The zero-order valence-electron chi connectivity index (χ0n) is 7.55. The highest BCUT2D eigenvalue weighted by Gasteiger charge is 2.05. The molecule has 4 N–H and O–H groups in total. The Hall–Kier alpha value is -1.63. The highest BCUT2D eigenvalue weighted by Crippen LogP contribution is 2.27. The molecule has 0 aliphatic heterocycles. The quantitative estimate of drug-likeness (QED) is 0.332. The van der Waals surface area contributed by atoms with Crippen molar-refractivity contribution < 1.29 is 15.6 Å². The number of anilines is 1. The second-order valence-electron chi connectivity index (χ2n) is 2.67. The number of benzene rings is 1. The minimum atomic E-state index is -0.0243. The number of hydroxylamine groups is 1. The monoisotopic (exact) mass is 197 g/mol. The molecule has 0 bridgehead atoms. The van der Waals surface area contributed by atoms with E-state index in [9.17, 15) is 0 Å². The van der Waals surface area contributed by atoms with E-state index < -0.39 is 0 Å². The van der Waals surface area contributed by atoms with Crippen LogP contribution in [0, 0.1) is 6.92 Å². The van der Waals surface area contributed by atoms with Gasteiger partial charge in [-0.1, -0.05) is 6.07 Å². The van der Waals surface area contributed by atoms with Crippen molar-refractivity contribution in [2.75, 3.05) is 5.23 Å². The molecule has 6 heteroatoms. The molecular weight excluding hydrogens is 186 g/mol. The van der Waals surface area contributed by atoms with Gasteiger partial charge in [-0.05, 0) is 24.6 Å². The van der Waals surface area contributed by atoms with Crippen LogP contribution >= 0.6 is 0 Å². The van der Waals surface area contributed by atoms with Crippen molar-refractivity contribution in [1.82, 2.24) is 5.48 Å². The van der Waals surface area contributed by atoms with Crippen LogP contribution in [-0.4, -0.2) is 22.0 Å². The molecule has 6 nitrogen and oxygen atoms in total. The van der Waals surface area contributed by atoms with Crippen LogP contribution in [0.4, 0.5) is 11.4 Å². The van der Waals surface area contributed by atoms with Crippen molar-refractivity contribution in [3.63, 3.8) is 0 Å². The molecule has 0 saturated heterocycles. The summed E-state index contributed by atoms with van der Waals surface area (Å²) in [5, 5.41) is 25.9. The summed E-state index contributed by atoms with van der Waals surface area (Å²) in [6.45, 7) is 1.84. The molecular formula is C8H11N3O3. The maximum absolute atomic E-state index is 8.83. The fourth-order valence-corrected chi connectivity index (χ4v) is 1.00. The summed E-state index contributed by atoms with van der Waals surface area (Å²) in [4.78, 5) is 3.76. The lowest BCUT2D eigenvalue weighted by atomic mass is 10.2. The van der Waals surface area contributed by atoms with Crippen molar-refractivity contribution in [3.8, 4) is 0 Å². The van der Waals surface area contributed by atoms with E-state index in [2.05, 4.69) is 4.99 Å². The van der Waals surface area contributed by atoms with E-state index in [1.54, 1.807) is 17.6 Å². The number of aliphatic imine (C=N–C) groups is 1. The lowest BCUT2D eigenvalue weighted by Crippen LogP contribution is -2.11. The van der Waals surface area contributed by atoms with Crippen molar-refractivity contribution >= 4 is 17.7 Å². The van der Waals surface area contributed by atoms with Crippen molar-refractivity contribution in [1.29, 1.82) is 0 Å². The Morgan fingerprint density at radius 1 is 1.43 bits per heavy atom. The van der Waals surface area contributed by atoms with Crippen molar-refractivity contribution in [3.05, 3.63) is 23.8 Å². The van der Waals surface area contributed by atoms with Crippen LogP contribution in [-0.2, 0) is 0 Å². The SMILES string of the molecule is Cc1ccc(N(O)O)c(N=CNO)c1. The summed E-state index contributed by atoms with van der Waals surface area (Å²) >= 11 is 0. The number of aryl methyl sites for hydroxylation is 1. The molecule has 0 unspecified atom stereocenters. The summed E-state index contributed by atoms with van der Waals surface area (Å²) in [5.74, 6) is 0. The predicted molar refractivity (Wildman–Crippen MR) is 50.3 cm³/mol. The highest BCUT2D eigenvalue weighted by atomic mass is 16.8. The van der Waals surface area contributed by atoms with Gasteiger partial charge in [0.15, 0.2) is 0 Å². The Balaban J connectivity index is 3.09. The Labute approximate surface area is 80.6 Å². The smallest absolute Gasteiger partial charge is 0.120 e. The summed E-state index contributed by atoms with van der Waals surface area (Å²) < 4.78 is 0. The van der Waals surface area contributed by atoms with Gasteiger partial charge in [0.25, 0.3) is 0 Å². The fraction of sp³-hybridized carbons (Fsp3) is 0.125. The molecule has 0 aliphatic rings. The zero-order chi connectivity index (χ0) is 10.6. The molecule has 1 rings (SSSR count). The number of rotatable bonds is 3. The lowest BCUT2D eigenvalue weighted by molar-refractivity contribution is 0.0295. The number of nitrogens with zero attached hydrogens (tertiary/aromatic N) is 2. The zero-order valence-corrected chi connectivity index (χ0v) is 7.55. The first-order valence-electron chi connectivity index (χ1n) is 3.86. The van der Waals surface area contributed by atoms with Gasteiger partial charge < -0.3 is 0 Å². The van der Waals surface area contributed by atoms with E-state index in [1.165, 1.54) is 6.07 Å².